The molecule has 0 spiro atoms. The minimum atomic E-state index is -0.173. The highest BCUT2D eigenvalue weighted by atomic mass is 35.5. The molecule has 5 rings (SSSR count). The molecule has 0 aliphatic heterocycles. The predicted octanol–water partition coefficient (Wildman–Crippen LogP) is 6.22. The summed E-state index contributed by atoms with van der Waals surface area (Å²) in [6.07, 6.45) is 6.54. The van der Waals surface area contributed by atoms with Crippen molar-refractivity contribution >= 4 is 11.6 Å². The van der Waals surface area contributed by atoms with Gasteiger partial charge in [0.15, 0.2) is 5.82 Å². The van der Waals surface area contributed by atoms with Gasteiger partial charge in [-0.05, 0) is 57.5 Å². The van der Waals surface area contributed by atoms with Gasteiger partial charge in [0.05, 0.1) is 17.3 Å². The molecule has 0 saturated carbocycles. The Morgan fingerprint density at radius 3 is 2.51 bits per heavy atom. The van der Waals surface area contributed by atoms with Crippen LogP contribution < -0.4 is 5.69 Å². The summed E-state index contributed by atoms with van der Waals surface area (Å²) in [7, 11) is 0. The van der Waals surface area contributed by atoms with E-state index >= 15 is 0 Å². The molecule has 3 heterocycles. The SMILES string of the molecule is CCCCc1cn(-c2c(Cl)cccc2C(C)(C)C)c(=O)n1Cc1ccc(-c2cccnc2-c2nnn[nH]2)cc1. The average molecular weight is 542 g/mol. The molecular formula is C30H32ClN7O. The fourth-order valence-electron chi connectivity index (χ4n) is 4.84. The van der Waals surface area contributed by atoms with Crippen molar-refractivity contribution in [1.29, 1.82) is 0 Å². The number of nitrogens with zero attached hydrogens (tertiary/aromatic N) is 6. The van der Waals surface area contributed by atoms with E-state index in [1.807, 2.05) is 59.3 Å². The van der Waals surface area contributed by atoms with Crippen molar-refractivity contribution in [2.24, 2.45) is 0 Å². The van der Waals surface area contributed by atoms with Crippen LogP contribution in [0.4, 0.5) is 0 Å². The summed E-state index contributed by atoms with van der Waals surface area (Å²) in [5.41, 5.74) is 6.15. The summed E-state index contributed by atoms with van der Waals surface area (Å²) >= 11 is 6.70. The molecule has 0 atom stereocenters. The largest absolute Gasteiger partial charge is 0.333 e. The van der Waals surface area contributed by atoms with Gasteiger partial charge in [0.2, 0.25) is 0 Å². The second-order valence-electron chi connectivity index (χ2n) is 10.7. The van der Waals surface area contributed by atoms with Crippen LogP contribution in [-0.4, -0.2) is 34.7 Å². The van der Waals surface area contributed by atoms with Crippen LogP contribution >= 0.6 is 11.6 Å². The first-order valence-electron chi connectivity index (χ1n) is 13.2. The Labute approximate surface area is 232 Å². The first-order valence-corrected chi connectivity index (χ1v) is 13.5. The maximum atomic E-state index is 13.9. The van der Waals surface area contributed by atoms with Crippen molar-refractivity contribution < 1.29 is 0 Å². The maximum Gasteiger partial charge on any atom is 0.333 e. The number of benzene rings is 2. The third kappa shape index (κ3) is 5.43. The maximum absolute atomic E-state index is 13.9. The normalized spacial score (nSPS) is 11.7. The van der Waals surface area contributed by atoms with Crippen LogP contribution in [0, 0.1) is 0 Å². The third-order valence-electron chi connectivity index (χ3n) is 6.87. The highest BCUT2D eigenvalue weighted by molar-refractivity contribution is 6.32. The molecule has 2 aromatic carbocycles. The van der Waals surface area contributed by atoms with Crippen LogP contribution in [0.5, 0.6) is 0 Å². The number of hydrogen-bond donors (Lipinski definition) is 1. The molecule has 3 aromatic heterocycles. The molecule has 0 aliphatic rings. The Kier molecular flexibility index (Phi) is 7.48. The first kappa shape index (κ1) is 26.6. The molecule has 5 aromatic rings. The zero-order valence-electron chi connectivity index (χ0n) is 22.6. The lowest BCUT2D eigenvalue weighted by molar-refractivity contribution is 0.584. The summed E-state index contributed by atoms with van der Waals surface area (Å²) in [4.78, 5) is 18.4. The fourth-order valence-corrected chi connectivity index (χ4v) is 5.10. The number of aromatic nitrogens is 7. The van der Waals surface area contributed by atoms with E-state index in [2.05, 4.69) is 59.4 Å². The standard InChI is InChI=1S/C30H32ClN7O/c1-5-6-9-22-19-38(27-24(30(2,3)4)11-7-12-25(27)31)29(39)37(22)18-20-13-15-21(16-14-20)23-10-8-17-32-26(23)28-33-35-36-34-28/h7-8,10-17,19H,5-6,9,18H2,1-4H3,(H,33,34,35,36). The zero-order valence-corrected chi connectivity index (χ0v) is 23.4. The van der Waals surface area contributed by atoms with Gasteiger partial charge in [-0.25, -0.2) is 9.89 Å². The van der Waals surface area contributed by atoms with Crippen molar-refractivity contribution in [2.75, 3.05) is 0 Å². The van der Waals surface area contributed by atoms with E-state index in [4.69, 9.17) is 11.6 Å². The summed E-state index contributed by atoms with van der Waals surface area (Å²) in [5.74, 6) is 0.511. The molecule has 0 unspecified atom stereocenters. The monoisotopic (exact) mass is 541 g/mol. The molecule has 9 heteroatoms. The minimum absolute atomic E-state index is 0.0869. The van der Waals surface area contributed by atoms with Crippen LogP contribution in [0.1, 0.15) is 57.4 Å². The average Bonchev–Trinajstić information content (AvgIpc) is 3.56. The first-order chi connectivity index (χ1) is 18.8. The summed E-state index contributed by atoms with van der Waals surface area (Å²) in [6.45, 7) is 9.03. The van der Waals surface area contributed by atoms with Gasteiger partial charge < -0.3 is 0 Å². The second kappa shape index (κ2) is 11.0. The van der Waals surface area contributed by atoms with Gasteiger partial charge in [-0.1, -0.05) is 88.2 Å². The molecule has 0 amide bonds. The van der Waals surface area contributed by atoms with Crippen molar-refractivity contribution in [1.82, 2.24) is 34.7 Å². The smallest absolute Gasteiger partial charge is 0.292 e. The fraction of sp³-hybridized carbons (Fsp3) is 0.300. The van der Waals surface area contributed by atoms with E-state index in [-0.39, 0.29) is 11.1 Å². The van der Waals surface area contributed by atoms with Crippen molar-refractivity contribution in [3.8, 4) is 28.3 Å². The van der Waals surface area contributed by atoms with E-state index in [0.29, 0.717) is 23.1 Å². The predicted molar refractivity (Wildman–Crippen MR) is 154 cm³/mol. The molecule has 0 aliphatic carbocycles. The lowest BCUT2D eigenvalue weighted by Crippen LogP contribution is -2.27. The molecule has 0 fully saturated rings. The topological polar surface area (TPSA) is 94.3 Å². The second-order valence-corrected chi connectivity index (χ2v) is 11.1. The molecular weight excluding hydrogens is 510 g/mol. The lowest BCUT2D eigenvalue weighted by Gasteiger charge is -2.23. The molecule has 8 nitrogen and oxygen atoms in total. The Bertz CT molecular complexity index is 1630. The highest BCUT2D eigenvalue weighted by Gasteiger charge is 2.24. The number of tetrazole rings is 1. The van der Waals surface area contributed by atoms with Gasteiger partial charge >= 0.3 is 5.69 Å². The highest BCUT2D eigenvalue weighted by Crippen LogP contribution is 2.33. The van der Waals surface area contributed by atoms with Gasteiger partial charge in [0, 0.05) is 23.7 Å². The van der Waals surface area contributed by atoms with Crippen LogP contribution in [0.25, 0.3) is 28.3 Å². The number of rotatable bonds is 8. The molecule has 0 radical (unpaired) electrons. The van der Waals surface area contributed by atoms with Gasteiger partial charge in [0.25, 0.3) is 0 Å². The van der Waals surface area contributed by atoms with Crippen LogP contribution in [0.15, 0.2) is 71.8 Å². The van der Waals surface area contributed by atoms with Crippen LogP contribution in [-0.2, 0) is 18.4 Å². The number of aromatic amines is 1. The molecule has 200 valence electrons. The number of imidazole rings is 1. The van der Waals surface area contributed by atoms with E-state index < -0.39 is 0 Å². The number of unbranched alkanes of at least 4 members (excludes halogenated alkanes) is 1. The summed E-state index contributed by atoms with van der Waals surface area (Å²) in [5, 5.41) is 14.7. The quantitative estimate of drug-likeness (QED) is 0.251. The number of pyridine rings is 1. The third-order valence-corrected chi connectivity index (χ3v) is 7.17. The van der Waals surface area contributed by atoms with E-state index in [0.717, 1.165) is 52.9 Å². The van der Waals surface area contributed by atoms with Crippen molar-refractivity contribution in [2.45, 2.75) is 58.9 Å². The van der Waals surface area contributed by atoms with E-state index in [1.54, 1.807) is 10.8 Å². The number of aryl methyl sites for hydroxylation is 1. The number of hydrogen-bond acceptors (Lipinski definition) is 5. The molecule has 39 heavy (non-hydrogen) atoms. The Morgan fingerprint density at radius 2 is 1.82 bits per heavy atom. The van der Waals surface area contributed by atoms with Gasteiger partial charge in [-0.3, -0.25) is 14.1 Å². The number of nitrogens with one attached hydrogen (secondary N) is 1. The number of halogens is 1. The van der Waals surface area contributed by atoms with Gasteiger partial charge in [-0.15, -0.1) is 5.10 Å². The summed E-state index contributed by atoms with van der Waals surface area (Å²) in [6, 6.07) is 17.9. The van der Waals surface area contributed by atoms with Crippen LogP contribution in [0.2, 0.25) is 5.02 Å². The minimum Gasteiger partial charge on any atom is -0.292 e. The summed E-state index contributed by atoms with van der Waals surface area (Å²) < 4.78 is 3.60. The van der Waals surface area contributed by atoms with Crippen molar-refractivity contribution in [3.05, 3.63) is 99.3 Å². The Morgan fingerprint density at radius 1 is 1.03 bits per heavy atom. The Hall–Kier alpha value is -4.04. The van der Waals surface area contributed by atoms with E-state index in [9.17, 15) is 4.79 Å². The van der Waals surface area contributed by atoms with E-state index in [1.165, 1.54) is 0 Å². The number of H-pyrrole nitrogens is 1. The zero-order chi connectivity index (χ0) is 27.6. The van der Waals surface area contributed by atoms with Crippen LogP contribution in [0.3, 0.4) is 0 Å². The molecule has 0 bridgehead atoms. The lowest BCUT2D eigenvalue weighted by atomic mass is 9.85. The van der Waals surface area contributed by atoms with Gasteiger partial charge in [0.1, 0.15) is 5.69 Å². The number of para-hydroxylation sites is 1. The van der Waals surface area contributed by atoms with Gasteiger partial charge in [-0.2, -0.15) is 0 Å². The molecule has 1 N–H and O–H groups in total. The Balaban J connectivity index is 1.52. The van der Waals surface area contributed by atoms with Crippen molar-refractivity contribution in [3.63, 3.8) is 0 Å². The molecule has 0 saturated heterocycles.